The Balaban J connectivity index is 1.75. The van der Waals surface area contributed by atoms with Crippen molar-refractivity contribution in [3.05, 3.63) is 65.7 Å². The molecule has 1 N–H and O–H groups in total. The Hall–Kier alpha value is -3.22. The predicted octanol–water partition coefficient (Wildman–Crippen LogP) is 3.31. The van der Waals surface area contributed by atoms with Gasteiger partial charge in [0, 0.05) is 24.9 Å². The molecule has 0 aliphatic carbocycles. The summed E-state index contributed by atoms with van der Waals surface area (Å²) >= 11 is 0. The van der Waals surface area contributed by atoms with E-state index in [1.54, 1.807) is 36.0 Å². The average Bonchev–Trinajstić information content (AvgIpc) is 2.87. The molecule has 0 radical (unpaired) electrons. The van der Waals surface area contributed by atoms with Crippen LogP contribution in [0.15, 0.2) is 48.5 Å². The molecule has 3 rings (SSSR count). The van der Waals surface area contributed by atoms with Crippen LogP contribution in [0.5, 0.6) is 11.8 Å². The molecule has 0 fully saturated rings. The second kappa shape index (κ2) is 6.49. The minimum Gasteiger partial charge on any atom is -0.421 e. The Labute approximate surface area is 137 Å². The van der Waals surface area contributed by atoms with E-state index in [0.717, 1.165) is 5.69 Å². The van der Waals surface area contributed by atoms with E-state index in [9.17, 15) is 9.18 Å². The number of halogens is 1. The summed E-state index contributed by atoms with van der Waals surface area (Å²) in [6.45, 7) is 1.85. The van der Waals surface area contributed by atoms with E-state index in [4.69, 9.17) is 4.74 Å². The van der Waals surface area contributed by atoms with Crippen LogP contribution >= 0.6 is 0 Å². The molecule has 1 aromatic carbocycles. The van der Waals surface area contributed by atoms with Crippen LogP contribution in [0.2, 0.25) is 0 Å². The number of nitrogens with one attached hydrogen (secondary N) is 1. The third kappa shape index (κ3) is 3.57. The Morgan fingerprint density at radius 2 is 1.96 bits per heavy atom. The summed E-state index contributed by atoms with van der Waals surface area (Å²) in [4.78, 5) is 16.4. The van der Waals surface area contributed by atoms with Crippen molar-refractivity contribution in [2.24, 2.45) is 7.05 Å². The lowest BCUT2D eigenvalue weighted by Gasteiger charge is -2.07. The summed E-state index contributed by atoms with van der Waals surface area (Å²) in [5.74, 6) is 0.0297. The lowest BCUT2D eigenvalue weighted by Crippen LogP contribution is -2.13. The first-order chi connectivity index (χ1) is 11.5. The molecule has 0 unspecified atom stereocenters. The van der Waals surface area contributed by atoms with Crippen molar-refractivity contribution in [1.29, 1.82) is 0 Å². The molecule has 122 valence electrons. The lowest BCUT2D eigenvalue weighted by molar-refractivity contribution is 0.102. The van der Waals surface area contributed by atoms with Crippen molar-refractivity contribution in [3.8, 4) is 11.8 Å². The number of aryl methyl sites for hydroxylation is 2. The van der Waals surface area contributed by atoms with Gasteiger partial charge in [0.05, 0.1) is 5.69 Å². The largest absolute Gasteiger partial charge is 0.421 e. The van der Waals surface area contributed by atoms with Crippen LogP contribution in [0.1, 0.15) is 16.2 Å². The zero-order valence-electron chi connectivity index (χ0n) is 13.2. The number of carbonyl (C=O) groups is 1. The Kier molecular flexibility index (Phi) is 4.24. The van der Waals surface area contributed by atoms with Gasteiger partial charge in [-0.05, 0) is 37.3 Å². The molecule has 2 heterocycles. The minimum absolute atomic E-state index is 0.190. The number of hydrogen-bond donors (Lipinski definition) is 1. The smallest absolute Gasteiger partial charge is 0.274 e. The zero-order valence-corrected chi connectivity index (χ0v) is 13.2. The topological polar surface area (TPSA) is 69.0 Å². The number of anilines is 1. The van der Waals surface area contributed by atoms with E-state index in [1.807, 2.05) is 6.92 Å². The maximum atomic E-state index is 12.9. The first-order valence-corrected chi connectivity index (χ1v) is 7.24. The van der Waals surface area contributed by atoms with E-state index in [2.05, 4.69) is 15.4 Å². The van der Waals surface area contributed by atoms with Crippen molar-refractivity contribution in [1.82, 2.24) is 14.8 Å². The fraction of sp³-hybridized carbons (Fsp3) is 0.118. The number of amides is 1. The van der Waals surface area contributed by atoms with Crippen molar-refractivity contribution in [2.45, 2.75) is 6.92 Å². The first-order valence-electron chi connectivity index (χ1n) is 7.24. The van der Waals surface area contributed by atoms with Crippen molar-refractivity contribution in [3.63, 3.8) is 0 Å². The lowest BCUT2D eigenvalue weighted by atomic mass is 10.3. The van der Waals surface area contributed by atoms with Crippen molar-refractivity contribution in [2.75, 3.05) is 5.32 Å². The van der Waals surface area contributed by atoms with Gasteiger partial charge in [0.25, 0.3) is 5.91 Å². The maximum absolute atomic E-state index is 12.9. The number of ether oxygens (including phenoxy) is 1. The molecule has 2 aromatic heterocycles. The van der Waals surface area contributed by atoms with Gasteiger partial charge in [0.1, 0.15) is 11.5 Å². The third-order valence-electron chi connectivity index (χ3n) is 3.23. The highest BCUT2D eigenvalue weighted by atomic mass is 19.1. The molecule has 0 bridgehead atoms. The van der Waals surface area contributed by atoms with E-state index < -0.39 is 5.91 Å². The van der Waals surface area contributed by atoms with E-state index in [1.165, 1.54) is 24.3 Å². The molecule has 1 amide bonds. The van der Waals surface area contributed by atoms with Crippen LogP contribution < -0.4 is 10.1 Å². The molecule has 0 atom stereocenters. The summed E-state index contributed by atoms with van der Waals surface area (Å²) in [6.07, 6.45) is 0. The summed E-state index contributed by atoms with van der Waals surface area (Å²) in [5, 5.41) is 6.83. The number of pyridine rings is 1. The molecular formula is C17H15FN4O2. The maximum Gasteiger partial charge on any atom is 0.274 e. The van der Waals surface area contributed by atoms with Crippen LogP contribution in [0.3, 0.4) is 0 Å². The molecule has 0 aliphatic heterocycles. The molecular weight excluding hydrogens is 311 g/mol. The SMILES string of the molecule is Cc1cc(Oc2cccc(C(=O)Nc3ccc(F)cc3)n2)n(C)n1. The molecule has 6 nitrogen and oxygen atoms in total. The number of hydrogen-bond acceptors (Lipinski definition) is 4. The van der Waals surface area contributed by atoms with Gasteiger partial charge in [-0.2, -0.15) is 5.10 Å². The van der Waals surface area contributed by atoms with Crippen LogP contribution in [-0.2, 0) is 7.05 Å². The highest BCUT2D eigenvalue weighted by molar-refractivity contribution is 6.02. The van der Waals surface area contributed by atoms with Gasteiger partial charge in [0.15, 0.2) is 0 Å². The summed E-state index contributed by atoms with van der Waals surface area (Å²) < 4.78 is 20.1. The molecule has 0 saturated heterocycles. The highest BCUT2D eigenvalue weighted by Gasteiger charge is 2.11. The fourth-order valence-corrected chi connectivity index (χ4v) is 2.12. The molecule has 0 saturated carbocycles. The number of aromatic nitrogens is 3. The summed E-state index contributed by atoms with van der Waals surface area (Å²) in [7, 11) is 1.76. The van der Waals surface area contributed by atoms with Crippen LogP contribution in [-0.4, -0.2) is 20.7 Å². The van der Waals surface area contributed by atoms with Gasteiger partial charge in [-0.25, -0.2) is 14.1 Å². The number of benzene rings is 1. The summed E-state index contributed by atoms with van der Waals surface area (Å²) in [5.41, 5.74) is 1.49. The van der Waals surface area contributed by atoms with Gasteiger partial charge >= 0.3 is 0 Å². The predicted molar refractivity (Wildman–Crippen MR) is 86.6 cm³/mol. The molecule has 0 spiro atoms. The second-order valence-corrected chi connectivity index (χ2v) is 5.17. The van der Waals surface area contributed by atoms with Gasteiger partial charge in [0.2, 0.25) is 11.8 Å². The Bertz CT molecular complexity index is 875. The zero-order chi connectivity index (χ0) is 17.1. The fourth-order valence-electron chi connectivity index (χ4n) is 2.12. The van der Waals surface area contributed by atoms with Crippen LogP contribution in [0.25, 0.3) is 0 Å². The van der Waals surface area contributed by atoms with E-state index in [0.29, 0.717) is 11.6 Å². The minimum atomic E-state index is -0.409. The molecule has 24 heavy (non-hydrogen) atoms. The normalized spacial score (nSPS) is 10.5. The van der Waals surface area contributed by atoms with Gasteiger partial charge in [-0.1, -0.05) is 6.07 Å². The van der Waals surface area contributed by atoms with E-state index >= 15 is 0 Å². The average molecular weight is 326 g/mol. The van der Waals surface area contributed by atoms with Crippen LogP contribution in [0.4, 0.5) is 10.1 Å². The summed E-state index contributed by atoms with van der Waals surface area (Å²) in [6, 6.07) is 12.2. The first kappa shape index (κ1) is 15.7. The monoisotopic (exact) mass is 326 g/mol. The molecule has 7 heteroatoms. The second-order valence-electron chi connectivity index (χ2n) is 5.17. The number of carbonyl (C=O) groups excluding carboxylic acids is 1. The number of rotatable bonds is 4. The molecule has 3 aromatic rings. The highest BCUT2D eigenvalue weighted by Crippen LogP contribution is 2.20. The van der Waals surface area contributed by atoms with Gasteiger partial charge in [-0.3, -0.25) is 4.79 Å². The molecule has 0 aliphatic rings. The van der Waals surface area contributed by atoms with Gasteiger partial charge < -0.3 is 10.1 Å². The quantitative estimate of drug-likeness (QED) is 0.798. The standard InChI is InChI=1S/C17H15FN4O2/c1-11-10-16(22(2)21-11)24-15-5-3-4-14(20-15)17(23)19-13-8-6-12(18)7-9-13/h3-10H,1-2H3,(H,19,23). The van der Waals surface area contributed by atoms with Crippen LogP contribution in [0, 0.1) is 12.7 Å². The van der Waals surface area contributed by atoms with Gasteiger partial charge in [-0.15, -0.1) is 0 Å². The Morgan fingerprint density at radius 3 is 2.62 bits per heavy atom. The van der Waals surface area contributed by atoms with Crippen molar-refractivity contribution >= 4 is 11.6 Å². The van der Waals surface area contributed by atoms with Crippen molar-refractivity contribution < 1.29 is 13.9 Å². The van der Waals surface area contributed by atoms with E-state index in [-0.39, 0.29) is 17.4 Å². The number of nitrogens with zero attached hydrogens (tertiary/aromatic N) is 3. The third-order valence-corrected chi connectivity index (χ3v) is 3.23. The Morgan fingerprint density at radius 1 is 1.21 bits per heavy atom.